The summed E-state index contributed by atoms with van der Waals surface area (Å²) < 4.78 is 7.05. The number of rotatable bonds is 2. The van der Waals surface area contributed by atoms with Crippen molar-refractivity contribution in [2.24, 2.45) is 0 Å². The average molecular weight is 286 g/mol. The highest BCUT2D eigenvalue weighted by atomic mass is 35.5. The maximum absolute atomic E-state index is 10.1. The molecule has 4 N–H and O–H groups in total. The second-order valence-corrected chi connectivity index (χ2v) is 4.77. The maximum atomic E-state index is 10.1. The topological polar surface area (TPSA) is 119 Å². The van der Waals surface area contributed by atoms with Gasteiger partial charge in [0.25, 0.3) is 0 Å². The van der Waals surface area contributed by atoms with Crippen LogP contribution < -0.4 is 5.73 Å². The quantitative estimate of drug-likeness (QED) is 0.622. The minimum Gasteiger partial charge on any atom is -0.394 e. The van der Waals surface area contributed by atoms with E-state index in [1.54, 1.807) is 0 Å². The molecule has 0 aromatic carbocycles. The summed E-state index contributed by atoms with van der Waals surface area (Å²) in [6.07, 6.45) is 0.371. The van der Waals surface area contributed by atoms with Gasteiger partial charge in [-0.15, -0.1) is 11.6 Å². The first-order valence-electron chi connectivity index (χ1n) is 5.65. The Hall–Kier alpha value is -1.48. The number of fused-ring (bicyclic) bond motifs is 1. The summed E-state index contributed by atoms with van der Waals surface area (Å²) in [5.74, 6) is 0.248. The average Bonchev–Trinajstić information content (AvgIpc) is 2.94. The Morgan fingerprint density at radius 3 is 2.89 bits per heavy atom. The van der Waals surface area contributed by atoms with E-state index in [1.165, 1.54) is 17.2 Å². The van der Waals surface area contributed by atoms with E-state index in [4.69, 9.17) is 27.2 Å². The number of aliphatic hydroxyl groups excluding tert-OH is 2. The molecule has 3 heterocycles. The van der Waals surface area contributed by atoms with E-state index in [2.05, 4.69) is 15.0 Å². The molecule has 1 saturated heterocycles. The summed E-state index contributed by atoms with van der Waals surface area (Å²) in [5.41, 5.74) is 6.56. The van der Waals surface area contributed by atoms with E-state index in [9.17, 15) is 5.11 Å². The molecular formula is C10H12ClN5O3. The van der Waals surface area contributed by atoms with Crippen molar-refractivity contribution in [3.63, 3.8) is 0 Å². The summed E-state index contributed by atoms with van der Waals surface area (Å²) in [6, 6.07) is 0. The summed E-state index contributed by atoms with van der Waals surface area (Å²) in [6.45, 7) is -0.272. The number of nitrogens with two attached hydrogens (primary N) is 1. The summed E-state index contributed by atoms with van der Waals surface area (Å²) in [4.78, 5) is 12.0. The second-order valence-electron chi connectivity index (χ2n) is 4.27. The first-order chi connectivity index (χ1) is 9.13. The molecule has 2 aromatic heterocycles. The Morgan fingerprint density at radius 1 is 1.42 bits per heavy atom. The van der Waals surface area contributed by atoms with Gasteiger partial charge in [-0.05, 0) is 0 Å². The zero-order valence-electron chi connectivity index (χ0n) is 9.72. The third-order valence-corrected chi connectivity index (χ3v) is 3.67. The number of aliphatic hydroxyl groups is 2. The molecule has 4 atom stereocenters. The monoisotopic (exact) mass is 285 g/mol. The highest BCUT2D eigenvalue weighted by Gasteiger charge is 2.43. The minimum absolute atomic E-state index is 0.248. The first kappa shape index (κ1) is 12.5. The van der Waals surface area contributed by atoms with E-state index >= 15 is 0 Å². The number of nitrogens with zero attached hydrogens (tertiary/aromatic N) is 4. The number of imidazole rings is 1. The Kier molecular flexibility index (Phi) is 3.02. The zero-order valence-corrected chi connectivity index (χ0v) is 10.5. The molecule has 0 radical (unpaired) electrons. The fourth-order valence-electron chi connectivity index (χ4n) is 2.14. The lowest BCUT2D eigenvalue weighted by Crippen LogP contribution is -2.28. The van der Waals surface area contributed by atoms with Crippen molar-refractivity contribution in [3.05, 3.63) is 12.7 Å². The van der Waals surface area contributed by atoms with Crippen LogP contribution in [-0.4, -0.2) is 53.9 Å². The van der Waals surface area contributed by atoms with E-state index in [0.29, 0.717) is 11.2 Å². The molecule has 0 bridgehead atoms. The molecule has 19 heavy (non-hydrogen) atoms. The third kappa shape index (κ3) is 1.84. The number of hydrogen-bond acceptors (Lipinski definition) is 7. The lowest BCUT2D eigenvalue weighted by Gasteiger charge is -2.16. The highest BCUT2D eigenvalue weighted by Crippen LogP contribution is 2.34. The van der Waals surface area contributed by atoms with Gasteiger partial charge in [-0.2, -0.15) is 0 Å². The third-order valence-electron chi connectivity index (χ3n) is 3.13. The van der Waals surface area contributed by atoms with Gasteiger partial charge in [-0.1, -0.05) is 0 Å². The highest BCUT2D eigenvalue weighted by molar-refractivity contribution is 6.21. The van der Waals surface area contributed by atoms with Gasteiger partial charge >= 0.3 is 0 Å². The molecule has 0 amide bonds. The van der Waals surface area contributed by atoms with Crippen molar-refractivity contribution in [3.8, 4) is 0 Å². The smallest absolute Gasteiger partial charge is 0.167 e. The zero-order chi connectivity index (χ0) is 13.6. The van der Waals surface area contributed by atoms with Gasteiger partial charge in [-0.3, -0.25) is 4.57 Å². The number of halogens is 1. The van der Waals surface area contributed by atoms with E-state index in [0.717, 1.165) is 0 Å². The van der Waals surface area contributed by atoms with Crippen LogP contribution in [0.4, 0.5) is 5.82 Å². The normalized spacial score (nSPS) is 31.1. The largest absolute Gasteiger partial charge is 0.394 e. The van der Waals surface area contributed by atoms with Gasteiger partial charge in [0.2, 0.25) is 0 Å². The number of hydrogen-bond donors (Lipinski definition) is 3. The van der Waals surface area contributed by atoms with Crippen LogP contribution in [0.3, 0.4) is 0 Å². The minimum atomic E-state index is -0.979. The van der Waals surface area contributed by atoms with E-state index in [1.807, 2.05) is 0 Å². The summed E-state index contributed by atoms with van der Waals surface area (Å²) in [5, 5.41) is 18.5. The lowest BCUT2D eigenvalue weighted by molar-refractivity contribution is -0.0486. The maximum Gasteiger partial charge on any atom is 0.167 e. The Morgan fingerprint density at radius 2 is 2.21 bits per heavy atom. The number of alkyl halides is 1. The van der Waals surface area contributed by atoms with Crippen LogP contribution >= 0.6 is 11.6 Å². The van der Waals surface area contributed by atoms with E-state index in [-0.39, 0.29) is 12.4 Å². The van der Waals surface area contributed by atoms with Crippen molar-refractivity contribution >= 4 is 28.6 Å². The summed E-state index contributed by atoms with van der Waals surface area (Å²) >= 11 is 6.00. The van der Waals surface area contributed by atoms with Crippen LogP contribution in [0.5, 0.6) is 0 Å². The SMILES string of the molecule is Nc1ncnc2c1ncn2[C@@H]1O[C@H](CO)[C@@H](Cl)[C@H]1O. The molecule has 3 rings (SSSR count). The van der Waals surface area contributed by atoms with Crippen molar-refractivity contribution in [1.29, 1.82) is 0 Å². The molecule has 9 heteroatoms. The Labute approximate surface area is 112 Å². The van der Waals surface area contributed by atoms with Crippen LogP contribution in [-0.2, 0) is 4.74 Å². The lowest BCUT2D eigenvalue weighted by atomic mass is 10.2. The van der Waals surface area contributed by atoms with Gasteiger partial charge in [0, 0.05) is 0 Å². The second kappa shape index (κ2) is 4.57. The van der Waals surface area contributed by atoms with Crippen molar-refractivity contribution < 1.29 is 14.9 Å². The van der Waals surface area contributed by atoms with E-state index < -0.39 is 23.8 Å². The number of aromatic nitrogens is 4. The van der Waals surface area contributed by atoms with Gasteiger partial charge in [-0.25, -0.2) is 15.0 Å². The summed E-state index contributed by atoms with van der Waals surface area (Å²) in [7, 11) is 0. The number of anilines is 1. The molecule has 8 nitrogen and oxygen atoms in total. The van der Waals surface area contributed by atoms with Gasteiger partial charge in [0.15, 0.2) is 17.7 Å². The molecule has 1 aliphatic heterocycles. The molecule has 1 aliphatic rings. The standard InChI is InChI=1S/C10H12ClN5O3/c11-5-4(1-17)19-10(7(5)18)16-3-15-6-8(12)13-2-14-9(6)16/h2-5,7,10,17-18H,1H2,(H2,12,13,14)/t4-,5-,7-,10-/m1/s1. The van der Waals surface area contributed by atoms with Crippen LogP contribution in [0.2, 0.25) is 0 Å². The predicted octanol–water partition coefficient (Wildman–Crippen LogP) is -0.734. The molecule has 0 aliphatic carbocycles. The molecule has 0 unspecified atom stereocenters. The fraction of sp³-hybridized carbons (Fsp3) is 0.500. The van der Waals surface area contributed by atoms with Crippen LogP contribution in [0.25, 0.3) is 11.2 Å². The van der Waals surface area contributed by atoms with Crippen LogP contribution in [0.15, 0.2) is 12.7 Å². The predicted molar refractivity (Wildman–Crippen MR) is 66.4 cm³/mol. The van der Waals surface area contributed by atoms with Crippen molar-refractivity contribution in [1.82, 2.24) is 19.5 Å². The number of nitrogen functional groups attached to an aromatic ring is 1. The van der Waals surface area contributed by atoms with Gasteiger partial charge < -0.3 is 20.7 Å². The molecule has 2 aromatic rings. The molecule has 102 valence electrons. The fourth-order valence-corrected chi connectivity index (χ4v) is 2.41. The molecule has 0 spiro atoms. The molecule has 0 saturated carbocycles. The van der Waals surface area contributed by atoms with Crippen LogP contribution in [0, 0.1) is 0 Å². The van der Waals surface area contributed by atoms with Crippen molar-refractivity contribution in [2.45, 2.75) is 23.8 Å². The number of ether oxygens (including phenoxy) is 1. The molecular weight excluding hydrogens is 274 g/mol. The molecule has 1 fully saturated rings. The first-order valence-corrected chi connectivity index (χ1v) is 6.08. The Balaban J connectivity index is 2.04. The van der Waals surface area contributed by atoms with Crippen molar-refractivity contribution in [2.75, 3.05) is 12.3 Å². The van der Waals surface area contributed by atoms with Crippen LogP contribution in [0.1, 0.15) is 6.23 Å². The van der Waals surface area contributed by atoms with Gasteiger partial charge in [0.1, 0.15) is 24.1 Å². The van der Waals surface area contributed by atoms with Gasteiger partial charge in [0.05, 0.1) is 18.3 Å². The Bertz CT molecular complexity index is 606.